The molecule has 2 aliphatic rings. The molecule has 1 aromatic rings. The van der Waals surface area contributed by atoms with Crippen molar-refractivity contribution in [1.29, 1.82) is 0 Å². The van der Waals surface area contributed by atoms with Crippen LogP contribution in [0.5, 0.6) is 0 Å². The number of benzene rings is 1. The fourth-order valence-electron chi connectivity index (χ4n) is 4.71. The van der Waals surface area contributed by atoms with Gasteiger partial charge in [0.1, 0.15) is 0 Å². The summed E-state index contributed by atoms with van der Waals surface area (Å²) in [6, 6.07) is 5.43. The molecular formula is C21H30N2O4. The molecule has 2 N–H and O–H groups in total. The van der Waals surface area contributed by atoms with Gasteiger partial charge in [0.2, 0.25) is 0 Å². The third-order valence-corrected chi connectivity index (χ3v) is 6.30. The lowest BCUT2D eigenvalue weighted by atomic mass is 9.75. The van der Waals surface area contributed by atoms with Crippen molar-refractivity contribution in [2.75, 3.05) is 0 Å². The van der Waals surface area contributed by atoms with Crippen molar-refractivity contribution in [1.82, 2.24) is 5.32 Å². The van der Waals surface area contributed by atoms with Crippen LogP contribution in [0, 0.1) is 22.0 Å². The zero-order valence-corrected chi connectivity index (χ0v) is 15.8. The van der Waals surface area contributed by atoms with Crippen LogP contribution >= 0.6 is 0 Å². The highest BCUT2D eigenvalue weighted by Gasteiger charge is 2.35. The van der Waals surface area contributed by atoms with Crippen molar-refractivity contribution in [3.63, 3.8) is 0 Å². The molecule has 0 spiro atoms. The molecule has 0 aromatic heterocycles. The van der Waals surface area contributed by atoms with Crippen LogP contribution in [-0.2, 0) is 0 Å². The Morgan fingerprint density at radius 2 is 1.48 bits per heavy atom. The summed E-state index contributed by atoms with van der Waals surface area (Å²) >= 11 is 0. The number of aliphatic hydroxyl groups is 1. The van der Waals surface area contributed by atoms with Gasteiger partial charge in [-0.2, -0.15) is 0 Å². The highest BCUT2D eigenvalue weighted by molar-refractivity contribution is 5.94. The summed E-state index contributed by atoms with van der Waals surface area (Å²) in [4.78, 5) is 23.1. The molecule has 0 unspecified atom stereocenters. The average molecular weight is 374 g/mol. The Morgan fingerprint density at radius 3 is 2.00 bits per heavy atom. The van der Waals surface area contributed by atoms with Crippen LogP contribution in [0.25, 0.3) is 0 Å². The van der Waals surface area contributed by atoms with Gasteiger partial charge < -0.3 is 10.4 Å². The zero-order chi connectivity index (χ0) is 19.2. The quantitative estimate of drug-likeness (QED) is 0.576. The Morgan fingerprint density at radius 1 is 0.963 bits per heavy atom. The monoisotopic (exact) mass is 374 g/mol. The molecule has 1 aromatic carbocycles. The fourth-order valence-corrected chi connectivity index (χ4v) is 4.71. The Hall–Kier alpha value is -1.95. The maximum Gasteiger partial charge on any atom is 0.269 e. The largest absolute Gasteiger partial charge is 0.391 e. The average Bonchev–Trinajstić information content (AvgIpc) is 2.72. The predicted octanol–water partition coefficient (Wildman–Crippen LogP) is 4.21. The van der Waals surface area contributed by atoms with E-state index in [1.54, 1.807) is 0 Å². The highest BCUT2D eigenvalue weighted by atomic mass is 16.6. The third-order valence-electron chi connectivity index (χ3n) is 6.30. The van der Waals surface area contributed by atoms with Crippen molar-refractivity contribution < 1.29 is 14.8 Å². The smallest absolute Gasteiger partial charge is 0.269 e. The molecule has 0 radical (unpaired) electrons. The molecule has 0 heterocycles. The molecule has 2 saturated carbocycles. The summed E-state index contributed by atoms with van der Waals surface area (Å²) in [5.41, 5.74) is 0.370. The van der Waals surface area contributed by atoms with E-state index in [1.165, 1.54) is 37.1 Å². The van der Waals surface area contributed by atoms with Crippen molar-refractivity contribution in [2.45, 2.75) is 76.4 Å². The number of amides is 1. The van der Waals surface area contributed by atoms with E-state index < -0.39 is 11.0 Å². The van der Waals surface area contributed by atoms with Crippen LogP contribution in [0.2, 0.25) is 0 Å². The van der Waals surface area contributed by atoms with E-state index in [0.29, 0.717) is 11.5 Å². The van der Waals surface area contributed by atoms with Gasteiger partial charge in [-0.1, -0.05) is 38.5 Å². The summed E-state index contributed by atoms with van der Waals surface area (Å²) in [5, 5.41) is 25.0. The van der Waals surface area contributed by atoms with Crippen LogP contribution in [0.4, 0.5) is 5.69 Å². The minimum absolute atomic E-state index is 0.0300. The first-order valence-electron chi connectivity index (χ1n) is 10.3. The maximum absolute atomic E-state index is 12.8. The van der Waals surface area contributed by atoms with E-state index in [-0.39, 0.29) is 23.6 Å². The van der Waals surface area contributed by atoms with E-state index in [4.69, 9.17) is 0 Å². The summed E-state index contributed by atoms with van der Waals surface area (Å²) in [6.45, 7) is 0. The fraction of sp³-hybridized carbons (Fsp3) is 0.667. The van der Waals surface area contributed by atoms with Crippen LogP contribution in [-0.4, -0.2) is 28.1 Å². The van der Waals surface area contributed by atoms with Crippen LogP contribution < -0.4 is 5.32 Å². The summed E-state index contributed by atoms with van der Waals surface area (Å²) in [5.74, 6) is 0.302. The number of nitrogens with zero attached hydrogens (tertiary/aromatic N) is 1. The molecule has 27 heavy (non-hydrogen) atoms. The summed E-state index contributed by atoms with van der Waals surface area (Å²) < 4.78 is 0. The van der Waals surface area contributed by atoms with Gasteiger partial charge in [0.15, 0.2) is 0 Å². The van der Waals surface area contributed by atoms with Gasteiger partial charge in [0.25, 0.3) is 11.6 Å². The van der Waals surface area contributed by atoms with Crippen molar-refractivity contribution in [3.8, 4) is 0 Å². The molecule has 6 nitrogen and oxygen atoms in total. The van der Waals surface area contributed by atoms with Gasteiger partial charge >= 0.3 is 0 Å². The molecule has 1 amide bonds. The molecular weight excluding hydrogens is 344 g/mol. The van der Waals surface area contributed by atoms with Crippen LogP contribution in [0.3, 0.4) is 0 Å². The SMILES string of the molecule is O=C(N[C@H](C1CCCCC1)[C@H](O)C1CCCCC1)c1ccc([N+](=O)[O-])cc1. The molecule has 3 rings (SSSR count). The van der Waals surface area contributed by atoms with E-state index >= 15 is 0 Å². The van der Waals surface area contributed by atoms with Gasteiger partial charge in [-0.3, -0.25) is 14.9 Å². The van der Waals surface area contributed by atoms with E-state index in [0.717, 1.165) is 51.4 Å². The third kappa shape index (κ3) is 5.06. The normalized spacial score (nSPS) is 21.4. The van der Waals surface area contributed by atoms with Gasteiger partial charge in [-0.25, -0.2) is 0 Å². The Balaban J connectivity index is 1.73. The second-order valence-electron chi connectivity index (χ2n) is 8.09. The number of nitrogens with one attached hydrogen (secondary N) is 1. The first-order valence-corrected chi connectivity index (χ1v) is 10.3. The number of non-ortho nitro benzene ring substituents is 1. The molecule has 0 aliphatic heterocycles. The number of aliphatic hydroxyl groups excluding tert-OH is 1. The van der Waals surface area contributed by atoms with Crippen LogP contribution in [0.1, 0.15) is 74.6 Å². The Bertz CT molecular complexity index is 634. The molecule has 2 fully saturated rings. The molecule has 6 heteroatoms. The lowest BCUT2D eigenvalue weighted by molar-refractivity contribution is -0.384. The second-order valence-corrected chi connectivity index (χ2v) is 8.09. The first-order chi connectivity index (χ1) is 13.1. The highest BCUT2D eigenvalue weighted by Crippen LogP contribution is 2.34. The van der Waals surface area contributed by atoms with Crippen molar-refractivity contribution in [2.24, 2.45) is 11.8 Å². The van der Waals surface area contributed by atoms with Gasteiger partial charge in [-0.05, 0) is 49.7 Å². The number of rotatable bonds is 6. The topological polar surface area (TPSA) is 92.5 Å². The number of hydrogen-bond acceptors (Lipinski definition) is 4. The Labute approximate surface area is 160 Å². The maximum atomic E-state index is 12.8. The minimum Gasteiger partial charge on any atom is -0.391 e. The standard InChI is InChI=1S/C21H30N2O4/c24-20(16-9-5-2-6-10-16)19(15-7-3-1-4-8-15)22-21(25)17-11-13-18(14-12-17)23(26)27/h11-16,19-20,24H,1-10H2,(H,22,25)/t19-,20-/m1/s1. The number of hydrogen-bond donors (Lipinski definition) is 2. The van der Waals surface area contributed by atoms with Gasteiger partial charge in [0.05, 0.1) is 17.1 Å². The zero-order valence-electron chi connectivity index (χ0n) is 15.8. The van der Waals surface area contributed by atoms with Crippen molar-refractivity contribution in [3.05, 3.63) is 39.9 Å². The van der Waals surface area contributed by atoms with Gasteiger partial charge in [-0.15, -0.1) is 0 Å². The minimum atomic E-state index is -0.518. The van der Waals surface area contributed by atoms with Crippen molar-refractivity contribution >= 4 is 11.6 Å². The number of carbonyl (C=O) groups excluding carboxylic acids is 1. The molecule has 0 saturated heterocycles. The van der Waals surface area contributed by atoms with E-state index in [9.17, 15) is 20.0 Å². The molecule has 0 bridgehead atoms. The molecule has 2 atom stereocenters. The van der Waals surface area contributed by atoms with E-state index in [1.807, 2.05) is 0 Å². The summed E-state index contributed by atoms with van der Waals surface area (Å²) in [6.07, 6.45) is 10.6. The number of carbonyl (C=O) groups is 1. The lowest BCUT2D eigenvalue weighted by Crippen LogP contribution is -2.51. The molecule has 148 valence electrons. The Kier molecular flexibility index (Phi) is 6.83. The molecule has 2 aliphatic carbocycles. The predicted molar refractivity (Wildman–Crippen MR) is 104 cm³/mol. The second kappa shape index (κ2) is 9.31. The first kappa shape index (κ1) is 19.8. The van der Waals surface area contributed by atoms with E-state index in [2.05, 4.69) is 5.32 Å². The summed E-state index contributed by atoms with van der Waals surface area (Å²) in [7, 11) is 0. The number of nitro groups is 1. The lowest BCUT2D eigenvalue weighted by Gasteiger charge is -2.38. The van der Waals surface area contributed by atoms with Crippen LogP contribution in [0.15, 0.2) is 24.3 Å². The van der Waals surface area contributed by atoms with Gasteiger partial charge in [0, 0.05) is 17.7 Å². The number of nitro benzene ring substituents is 1.